The van der Waals surface area contributed by atoms with Gasteiger partial charge in [0.25, 0.3) is 0 Å². The number of carbonyl (C=O) groups excluding carboxylic acids is 2. The number of anilines is 1. The molecule has 1 saturated heterocycles. The second-order valence-corrected chi connectivity index (χ2v) is 7.98. The van der Waals surface area contributed by atoms with Gasteiger partial charge in [-0.25, -0.2) is 0 Å². The molecule has 1 heterocycles. The predicted octanol–water partition coefficient (Wildman–Crippen LogP) is 3.16. The summed E-state index contributed by atoms with van der Waals surface area (Å²) in [5.41, 5.74) is 1.92. The SMILES string of the molecule is Cl.O=C(Nc1ccccc1)C(Cc1ccccc1)NC(=O)C1CC12CCNCC2. The standard InChI is InChI=1S/C23H27N3O2.ClH/c27-21(19-16-23(19)11-13-24-14-12-23)26-20(15-17-7-3-1-4-8-17)22(28)25-18-9-5-2-6-10-18;/h1-10,19-20,24H,11-16H2,(H,25,28)(H,26,27);1H. The van der Waals surface area contributed by atoms with E-state index in [0.717, 1.165) is 43.6 Å². The molecule has 0 radical (unpaired) electrons. The van der Waals surface area contributed by atoms with Gasteiger partial charge in [-0.3, -0.25) is 9.59 Å². The highest BCUT2D eigenvalue weighted by Crippen LogP contribution is 2.58. The van der Waals surface area contributed by atoms with Crippen LogP contribution in [0.3, 0.4) is 0 Å². The topological polar surface area (TPSA) is 70.2 Å². The summed E-state index contributed by atoms with van der Waals surface area (Å²) >= 11 is 0. The fraction of sp³-hybridized carbons (Fsp3) is 0.391. The first-order valence-corrected chi connectivity index (χ1v) is 10.1. The molecule has 2 amide bonds. The van der Waals surface area contributed by atoms with Crippen LogP contribution in [-0.2, 0) is 16.0 Å². The summed E-state index contributed by atoms with van der Waals surface area (Å²) in [6, 6.07) is 18.6. The van der Waals surface area contributed by atoms with Crippen molar-refractivity contribution in [1.82, 2.24) is 10.6 Å². The van der Waals surface area contributed by atoms with Crippen molar-refractivity contribution in [3.63, 3.8) is 0 Å². The van der Waals surface area contributed by atoms with Gasteiger partial charge in [-0.15, -0.1) is 12.4 Å². The van der Waals surface area contributed by atoms with E-state index >= 15 is 0 Å². The molecule has 2 atom stereocenters. The number of hydrogen-bond acceptors (Lipinski definition) is 3. The van der Waals surface area contributed by atoms with Crippen molar-refractivity contribution >= 4 is 29.9 Å². The second-order valence-electron chi connectivity index (χ2n) is 7.98. The minimum Gasteiger partial charge on any atom is -0.344 e. The fourth-order valence-electron chi connectivity index (χ4n) is 4.28. The molecular formula is C23H28ClN3O2. The van der Waals surface area contributed by atoms with Gasteiger partial charge in [-0.2, -0.15) is 0 Å². The molecule has 2 aromatic rings. The summed E-state index contributed by atoms with van der Waals surface area (Å²) in [6.07, 6.45) is 3.51. The van der Waals surface area contributed by atoms with Crippen molar-refractivity contribution in [2.45, 2.75) is 31.7 Å². The maximum atomic E-state index is 12.9. The number of para-hydroxylation sites is 1. The van der Waals surface area contributed by atoms with Crippen molar-refractivity contribution in [2.24, 2.45) is 11.3 Å². The zero-order valence-corrected chi connectivity index (χ0v) is 17.2. The number of carbonyl (C=O) groups is 2. The average Bonchev–Trinajstić information content (AvgIpc) is 3.42. The molecule has 0 aromatic heterocycles. The summed E-state index contributed by atoms with van der Waals surface area (Å²) in [5, 5.41) is 9.34. The van der Waals surface area contributed by atoms with Crippen LogP contribution in [0.25, 0.3) is 0 Å². The molecule has 4 rings (SSSR count). The Kier molecular flexibility index (Phi) is 6.93. The molecule has 29 heavy (non-hydrogen) atoms. The Balaban J connectivity index is 0.00000240. The summed E-state index contributed by atoms with van der Waals surface area (Å²) in [7, 11) is 0. The van der Waals surface area contributed by atoms with Crippen LogP contribution in [-0.4, -0.2) is 30.9 Å². The summed E-state index contributed by atoms with van der Waals surface area (Å²) in [5.74, 6) is -0.119. The number of nitrogens with one attached hydrogen (secondary N) is 3. The predicted molar refractivity (Wildman–Crippen MR) is 117 cm³/mol. The molecule has 154 valence electrons. The first-order valence-electron chi connectivity index (χ1n) is 10.1. The molecule has 6 heteroatoms. The molecule has 1 aliphatic carbocycles. The van der Waals surface area contributed by atoms with Crippen molar-refractivity contribution in [2.75, 3.05) is 18.4 Å². The first kappa shape index (κ1) is 21.3. The summed E-state index contributed by atoms with van der Waals surface area (Å²) in [6.45, 7) is 1.96. The minimum absolute atomic E-state index is 0. The van der Waals surface area contributed by atoms with Crippen LogP contribution < -0.4 is 16.0 Å². The van der Waals surface area contributed by atoms with Crippen molar-refractivity contribution < 1.29 is 9.59 Å². The van der Waals surface area contributed by atoms with Gasteiger partial charge in [0.15, 0.2) is 0 Å². The molecular weight excluding hydrogens is 386 g/mol. The zero-order valence-electron chi connectivity index (χ0n) is 16.4. The number of amides is 2. The van der Waals surface area contributed by atoms with Crippen molar-refractivity contribution in [3.05, 3.63) is 66.2 Å². The number of piperidine rings is 1. The lowest BCUT2D eigenvalue weighted by Crippen LogP contribution is -2.46. The van der Waals surface area contributed by atoms with Crippen LogP contribution in [0.1, 0.15) is 24.8 Å². The van der Waals surface area contributed by atoms with Gasteiger partial charge in [-0.05, 0) is 55.5 Å². The Morgan fingerprint density at radius 1 is 1.00 bits per heavy atom. The van der Waals surface area contributed by atoms with Gasteiger partial charge in [-0.1, -0.05) is 48.5 Å². The smallest absolute Gasteiger partial charge is 0.247 e. The van der Waals surface area contributed by atoms with E-state index in [1.54, 1.807) is 0 Å². The van der Waals surface area contributed by atoms with Crippen LogP contribution in [0, 0.1) is 11.3 Å². The molecule has 2 aliphatic rings. The quantitative estimate of drug-likeness (QED) is 0.681. The maximum absolute atomic E-state index is 12.9. The number of rotatable bonds is 6. The molecule has 3 N–H and O–H groups in total. The minimum atomic E-state index is -0.588. The number of hydrogen-bond donors (Lipinski definition) is 3. The monoisotopic (exact) mass is 413 g/mol. The van der Waals surface area contributed by atoms with Gasteiger partial charge < -0.3 is 16.0 Å². The van der Waals surface area contributed by atoms with Crippen LogP contribution in [0.2, 0.25) is 0 Å². The van der Waals surface area contributed by atoms with Crippen molar-refractivity contribution in [3.8, 4) is 0 Å². The molecule has 5 nitrogen and oxygen atoms in total. The Labute approximate surface area is 178 Å². The molecule has 2 aromatic carbocycles. The summed E-state index contributed by atoms with van der Waals surface area (Å²) in [4.78, 5) is 25.9. The Hall–Kier alpha value is -2.37. The van der Waals surface area contributed by atoms with E-state index in [9.17, 15) is 9.59 Å². The van der Waals surface area contributed by atoms with E-state index in [-0.39, 0.29) is 35.6 Å². The fourth-order valence-corrected chi connectivity index (χ4v) is 4.28. The van der Waals surface area contributed by atoms with Gasteiger partial charge in [0.1, 0.15) is 6.04 Å². The normalized spacial score (nSPS) is 20.2. The molecule has 1 aliphatic heterocycles. The van der Waals surface area contributed by atoms with E-state index in [1.807, 2.05) is 60.7 Å². The lowest BCUT2D eigenvalue weighted by atomic mass is 9.91. The highest BCUT2D eigenvalue weighted by molar-refractivity contribution is 5.98. The zero-order chi connectivity index (χ0) is 19.4. The van der Waals surface area contributed by atoms with Crippen LogP contribution in [0.5, 0.6) is 0 Å². The largest absolute Gasteiger partial charge is 0.344 e. The number of halogens is 1. The van der Waals surface area contributed by atoms with Crippen LogP contribution >= 0.6 is 12.4 Å². The van der Waals surface area contributed by atoms with E-state index in [2.05, 4.69) is 16.0 Å². The van der Waals surface area contributed by atoms with Crippen molar-refractivity contribution in [1.29, 1.82) is 0 Å². The molecule has 1 spiro atoms. The molecule has 0 bridgehead atoms. The third-order valence-corrected chi connectivity index (χ3v) is 6.06. The van der Waals surface area contributed by atoms with E-state index in [1.165, 1.54) is 0 Å². The molecule has 2 unspecified atom stereocenters. The molecule has 1 saturated carbocycles. The van der Waals surface area contributed by atoms with Crippen LogP contribution in [0.15, 0.2) is 60.7 Å². The third-order valence-electron chi connectivity index (χ3n) is 6.06. The van der Waals surface area contributed by atoms with Gasteiger partial charge >= 0.3 is 0 Å². The Morgan fingerprint density at radius 2 is 1.62 bits per heavy atom. The summed E-state index contributed by atoms with van der Waals surface area (Å²) < 4.78 is 0. The highest BCUT2D eigenvalue weighted by atomic mass is 35.5. The lowest BCUT2D eigenvalue weighted by Gasteiger charge is -2.24. The van der Waals surface area contributed by atoms with E-state index in [0.29, 0.717) is 6.42 Å². The Bertz CT molecular complexity index is 823. The average molecular weight is 414 g/mol. The second kappa shape index (κ2) is 9.42. The third kappa shape index (κ3) is 5.17. The van der Waals surface area contributed by atoms with Gasteiger partial charge in [0, 0.05) is 18.0 Å². The Morgan fingerprint density at radius 3 is 2.28 bits per heavy atom. The highest BCUT2D eigenvalue weighted by Gasteiger charge is 2.57. The van der Waals surface area contributed by atoms with Gasteiger partial charge in [0.2, 0.25) is 11.8 Å². The lowest BCUT2D eigenvalue weighted by molar-refractivity contribution is -0.128. The number of benzene rings is 2. The van der Waals surface area contributed by atoms with Crippen LogP contribution in [0.4, 0.5) is 5.69 Å². The van der Waals surface area contributed by atoms with Gasteiger partial charge in [0.05, 0.1) is 0 Å². The maximum Gasteiger partial charge on any atom is 0.247 e. The van der Waals surface area contributed by atoms with E-state index < -0.39 is 6.04 Å². The first-order chi connectivity index (χ1) is 13.7. The molecule has 2 fully saturated rings. The van der Waals surface area contributed by atoms with E-state index in [4.69, 9.17) is 0 Å².